The Kier molecular flexibility index (Phi) is 11.1. The third kappa shape index (κ3) is 16.9. The van der Waals surface area contributed by atoms with E-state index in [9.17, 15) is 9.59 Å². The van der Waals surface area contributed by atoms with Gasteiger partial charge in [0.1, 0.15) is 6.54 Å². The molecule has 0 unspecified atom stereocenters. The van der Waals surface area contributed by atoms with E-state index in [1.165, 1.54) is 7.05 Å². The van der Waals surface area contributed by atoms with Crippen LogP contribution in [0.3, 0.4) is 0 Å². The molecule has 0 fully saturated rings. The van der Waals surface area contributed by atoms with Crippen LogP contribution in [-0.2, 0) is 9.59 Å². The second-order valence-electron chi connectivity index (χ2n) is 3.49. The molecule has 0 rings (SSSR count). The highest BCUT2D eigenvalue weighted by molar-refractivity contribution is 5.79. The Labute approximate surface area is 101 Å². The minimum atomic E-state index is -0.993. The maximum absolute atomic E-state index is 9.92. The topological polar surface area (TPSA) is 128 Å². The maximum Gasteiger partial charge on any atom is 0.323 e. The third-order valence-electron chi connectivity index (χ3n) is 1.78. The summed E-state index contributed by atoms with van der Waals surface area (Å²) in [6.07, 6.45) is 3.28. The Bertz CT molecular complexity index is 256. The number of aliphatic carboxylic acids is 2. The van der Waals surface area contributed by atoms with Gasteiger partial charge in [-0.15, -0.1) is 0 Å². The van der Waals surface area contributed by atoms with E-state index in [0.717, 1.165) is 24.2 Å². The van der Waals surface area contributed by atoms with Crippen molar-refractivity contribution in [3.8, 4) is 0 Å². The molecule has 17 heavy (non-hydrogen) atoms. The lowest BCUT2D eigenvalue weighted by molar-refractivity contribution is -0.138. The summed E-state index contributed by atoms with van der Waals surface area (Å²) in [5, 5.41) is 23.0. The van der Waals surface area contributed by atoms with Crippen LogP contribution in [0.4, 0.5) is 0 Å². The standard InChI is InChI=1S/C6H12O2.C4H9N3O2/c1-2-3-4-5-6(7)8;1-7(4(5)6)2-3(8)9/h2-5H2,1H3,(H,7,8);2H2,1H3,(H3,5,6)(H,8,9). The molecular formula is C10H21N3O4. The van der Waals surface area contributed by atoms with Gasteiger partial charge in [-0.25, -0.2) is 0 Å². The lowest BCUT2D eigenvalue weighted by Gasteiger charge is -2.12. The van der Waals surface area contributed by atoms with Gasteiger partial charge in [0.2, 0.25) is 0 Å². The number of hydrogen-bond donors (Lipinski definition) is 4. The Balaban J connectivity index is 0. The van der Waals surface area contributed by atoms with Gasteiger partial charge in [0, 0.05) is 13.5 Å². The number of rotatable bonds is 6. The number of hydrogen-bond acceptors (Lipinski definition) is 3. The number of nitrogens with zero attached hydrogens (tertiary/aromatic N) is 1. The molecule has 0 saturated heterocycles. The number of carbonyl (C=O) groups is 2. The summed E-state index contributed by atoms with van der Waals surface area (Å²) in [6, 6.07) is 0. The van der Waals surface area contributed by atoms with Crippen molar-refractivity contribution in [2.45, 2.75) is 32.6 Å². The fourth-order valence-electron chi connectivity index (χ4n) is 0.814. The van der Waals surface area contributed by atoms with Crippen molar-refractivity contribution in [2.75, 3.05) is 13.6 Å². The summed E-state index contributed by atoms with van der Waals surface area (Å²) in [4.78, 5) is 20.9. The van der Waals surface area contributed by atoms with Crippen LogP contribution in [0.25, 0.3) is 0 Å². The molecule has 100 valence electrons. The molecule has 0 aliphatic rings. The van der Waals surface area contributed by atoms with E-state index in [1.54, 1.807) is 0 Å². The van der Waals surface area contributed by atoms with Crippen LogP contribution in [0.5, 0.6) is 0 Å². The van der Waals surface area contributed by atoms with E-state index in [4.69, 9.17) is 21.4 Å². The van der Waals surface area contributed by atoms with Crippen molar-refractivity contribution >= 4 is 17.9 Å². The predicted molar refractivity (Wildman–Crippen MR) is 64.0 cm³/mol. The number of carboxylic acids is 2. The maximum atomic E-state index is 9.92. The fraction of sp³-hybridized carbons (Fsp3) is 0.700. The van der Waals surface area contributed by atoms with E-state index in [2.05, 4.69) is 6.92 Å². The number of unbranched alkanes of at least 4 members (excludes halogenated alkanes) is 2. The first kappa shape index (κ1) is 17.6. The van der Waals surface area contributed by atoms with Crippen molar-refractivity contribution in [3.05, 3.63) is 0 Å². The van der Waals surface area contributed by atoms with Crippen LogP contribution in [-0.4, -0.2) is 46.6 Å². The molecule has 0 radical (unpaired) electrons. The number of carboxylic acid groups (broad SMARTS) is 2. The van der Waals surface area contributed by atoms with Gasteiger partial charge in [0.05, 0.1) is 0 Å². The quantitative estimate of drug-likeness (QED) is 0.308. The van der Waals surface area contributed by atoms with Crippen LogP contribution in [0, 0.1) is 5.41 Å². The first-order valence-electron chi connectivity index (χ1n) is 5.30. The molecule has 5 N–H and O–H groups in total. The van der Waals surface area contributed by atoms with E-state index < -0.39 is 11.9 Å². The first-order chi connectivity index (χ1) is 7.81. The van der Waals surface area contributed by atoms with Crippen molar-refractivity contribution in [1.29, 1.82) is 5.41 Å². The average Bonchev–Trinajstić information content (AvgIpc) is 2.17. The Morgan fingerprint density at radius 1 is 1.24 bits per heavy atom. The minimum Gasteiger partial charge on any atom is -0.481 e. The zero-order valence-corrected chi connectivity index (χ0v) is 10.3. The molecule has 0 aromatic heterocycles. The van der Waals surface area contributed by atoms with Gasteiger partial charge in [-0.05, 0) is 6.42 Å². The van der Waals surface area contributed by atoms with Crippen LogP contribution < -0.4 is 5.73 Å². The van der Waals surface area contributed by atoms with Crippen molar-refractivity contribution in [1.82, 2.24) is 4.90 Å². The van der Waals surface area contributed by atoms with Crippen molar-refractivity contribution < 1.29 is 19.8 Å². The molecule has 0 heterocycles. The van der Waals surface area contributed by atoms with Gasteiger partial charge in [-0.1, -0.05) is 19.8 Å². The van der Waals surface area contributed by atoms with Crippen LogP contribution >= 0.6 is 0 Å². The van der Waals surface area contributed by atoms with E-state index in [-0.39, 0.29) is 12.5 Å². The minimum absolute atomic E-state index is 0.227. The zero-order valence-electron chi connectivity index (χ0n) is 10.3. The second-order valence-corrected chi connectivity index (χ2v) is 3.49. The Hall–Kier alpha value is -1.79. The zero-order chi connectivity index (χ0) is 13.8. The molecule has 0 aliphatic carbocycles. The number of likely N-dealkylation sites (N-methyl/N-ethyl adjacent to an activating group) is 1. The molecule has 0 atom stereocenters. The van der Waals surface area contributed by atoms with Gasteiger partial charge in [-0.2, -0.15) is 0 Å². The monoisotopic (exact) mass is 247 g/mol. The van der Waals surface area contributed by atoms with Gasteiger partial charge in [0.15, 0.2) is 5.96 Å². The number of nitrogens with two attached hydrogens (primary N) is 1. The molecule has 0 amide bonds. The van der Waals surface area contributed by atoms with Gasteiger partial charge in [-0.3, -0.25) is 15.0 Å². The summed E-state index contributed by atoms with van der Waals surface area (Å²) in [5.41, 5.74) is 4.93. The normalized spacial score (nSPS) is 8.82. The summed E-state index contributed by atoms with van der Waals surface area (Å²) in [6.45, 7) is 1.83. The van der Waals surface area contributed by atoms with E-state index >= 15 is 0 Å². The third-order valence-corrected chi connectivity index (χ3v) is 1.78. The fourth-order valence-corrected chi connectivity index (χ4v) is 0.814. The van der Waals surface area contributed by atoms with Crippen LogP contribution in [0.15, 0.2) is 0 Å². The summed E-state index contributed by atoms with van der Waals surface area (Å²) in [7, 11) is 1.44. The average molecular weight is 247 g/mol. The largest absolute Gasteiger partial charge is 0.481 e. The smallest absolute Gasteiger partial charge is 0.323 e. The highest BCUT2D eigenvalue weighted by atomic mass is 16.4. The highest BCUT2D eigenvalue weighted by Crippen LogP contribution is 1.97. The second kappa shape index (κ2) is 10.7. The summed E-state index contributed by atoms with van der Waals surface area (Å²) < 4.78 is 0. The van der Waals surface area contributed by atoms with Gasteiger partial charge < -0.3 is 20.8 Å². The lowest BCUT2D eigenvalue weighted by Crippen LogP contribution is -2.36. The SMILES string of the molecule is CCCCCC(=O)O.CN(CC(=O)O)C(=N)N. The highest BCUT2D eigenvalue weighted by Gasteiger charge is 2.03. The lowest BCUT2D eigenvalue weighted by atomic mass is 10.2. The van der Waals surface area contributed by atoms with Crippen LogP contribution in [0.2, 0.25) is 0 Å². The molecule has 0 aromatic carbocycles. The summed E-state index contributed by atoms with van der Waals surface area (Å²) >= 11 is 0. The molecule has 0 saturated carbocycles. The number of nitrogens with one attached hydrogen (secondary N) is 1. The molecular weight excluding hydrogens is 226 g/mol. The van der Waals surface area contributed by atoms with Gasteiger partial charge >= 0.3 is 11.9 Å². The molecule has 7 heteroatoms. The van der Waals surface area contributed by atoms with E-state index in [1.807, 2.05) is 0 Å². The van der Waals surface area contributed by atoms with Gasteiger partial charge in [0.25, 0.3) is 0 Å². The molecule has 0 aromatic rings. The Morgan fingerprint density at radius 3 is 2.00 bits per heavy atom. The molecule has 0 bridgehead atoms. The number of guanidine groups is 1. The van der Waals surface area contributed by atoms with Crippen molar-refractivity contribution in [2.24, 2.45) is 5.73 Å². The molecule has 0 aliphatic heterocycles. The molecule has 7 nitrogen and oxygen atoms in total. The Morgan fingerprint density at radius 2 is 1.76 bits per heavy atom. The van der Waals surface area contributed by atoms with Crippen LogP contribution in [0.1, 0.15) is 32.6 Å². The summed E-state index contributed by atoms with van der Waals surface area (Å²) in [5.74, 6) is -1.91. The van der Waals surface area contributed by atoms with E-state index in [0.29, 0.717) is 6.42 Å². The first-order valence-corrected chi connectivity index (χ1v) is 5.30. The predicted octanol–water partition coefficient (Wildman–Crippen LogP) is 0.548. The van der Waals surface area contributed by atoms with Crippen molar-refractivity contribution in [3.63, 3.8) is 0 Å². The molecule has 0 spiro atoms.